The molecule has 0 saturated carbocycles. The van der Waals surface area contributed by atoms with Gasteiger partial charge in [-0.15, -0.1) is 5.53 Å². The Morgan fingerprint density at radius 3 is 2.45 bits per heavy atom. The maximum absolute atomic E-state index is 3.10. The molecule has 2 N–H and O–H groups in total. The highest BCUT2D eigenvalue weighted by molar-refractivity contribution is 5.00. The van der Waals surface area contributed by atoms with E-state index in [1.807, 2.05) is 6.20 Å². The third-order valence-corrected chi connectivity index (χ3v) is 2.15. The van der Waals surface area contributed by atoms with E-state index in [1.165, 1.54) is 18.5 Å². The fraction of sp³-hybridized carbons (Fsp3) is 0.750. The molecule has 0 saturated heterocycles. The van der Waals surface area contributed by atoms with Gasteiger partial charge in [0.15, 0.2) is 0 Å². The summed E-state index contributed by atoms with van der Waals surface area (Å²) in [6, 6.07) is 0.612. The lowest BCUT2D eigenvalue weighted by atomic mass is 10.1. The van der Waals surface area contributed by atoms with E-state index in [1.54, 1.807) is 0 Å². The van der Waals surface area contributed by atoms with E-state index in [-0.39, 0.29) is 0 Å². The van der Waals surface area contributed by atoms with Gasteiger partial charge in [-0.1, -0.05) is 13.8 Å². The number of hydrogen-bond acceptors (Lipinski definition) is 3. The molecule has 1 aliphatic rings. The first kappa shape index (κ1) is 8.40. The number of hydrogen-bond donors (Lipinski definition) is 2. The molecule has 64 valence electrons. The average Bonchev–Trinajstić information content (AvgIpc) is 2.40. The Hall–Kier alpha value is -0.700. The molecule has 0 aromatic rings. The molecule has 0 atom stereocenters. The predicted molar refractivity (Wildman–Crippen MR) is 46.2 cm³/mol. The molecule has 0 spiro atoms. The third-order valence-electron chi connectivity index (χ3n) is 2.15. The predicted octanol–water partition coefficient (Wildman–Crippen LogP) is 1.36. The minimum absolute atomic E-state index is 0.612. The molecule has 1 heterocycles. The van der Waals surface area contributed by atoms with Crippen LogP contribution in [-0.4, -0.2) is 11.1 Å². The standard InChI is InChI=1S/C8H17N3/c1-4-8(5-2)11-7(3)6-9-10-11/h6,8-10H,4-5H2,1-3H3. The summed E-state index contributed by atoms with van der Waals surface area (Å²) < 4.78 is 0. The monoisotopic (exact) mass is 155 g/mol. The summed E-state index contributed by atoms with van der Waals surface area (Å²) >= 11 is 0. The first-order chi connectivity index (χ1) is 5.29. The van der Waals surface area contributed by atoms with Crippen molar-refractivity contribution in [1.82, 2.24) is 16.0 Å². The van der Waals surface area contributed by atoms with E-state index in [4.69, 9.17) is 0 Å². The van der Waals surface area contributed by atoms with E-state index >= 15 is 0 Å². The second kappa shape index (κ2) is 3.62. The molecule has 11 heavy (non-hydrogen) atoms. The Kier molecular flexibility index (Phi) is 2.76. The van der Waals surface area contributed by atoms with Crippen molar-refractivity contribution in [3.63, 3.8) is 0 Å². The average molecular weight is 155 g/mol. The molecule has 1 aliphatic heterocycles. The number of allylic oxidation sites excluding steroid dienone is 1. The lowest BCUT2D eigenvalue weighted by Crippen LogP contribution is -2.43. The molecular weight excluding hydrogens is 138 g/mol. The molecule has 3 heteroatoms. The fourth-order valence-electron chi connectivity index (χ4n) is 1.40. The van der Waals surface area contributed by atoms with Crippen LogP contribution in [0.15, 0.2) is 11.9 Å². The summed E-state index contributed by atoms with van der Waals surface area (Å²) in [4.78, 5) is 0. The first-order valence-corrected chi connectivity index (χ1v) is 4.26. The van der Waals surface area contributed by atoms with Crippen molar-refractivity contribution in [2.45, 2.75) is 39.7 Å². The van der Waals surface area contributed by atoms with Crippen LogP contribution in [0.5, 0.6) is 0 Å². The molecule has 0 aromatic carbocycles. The van der Waals surface area contributed by atoms with Gasteiger partial charge in [-0.05, 0) is 19.8 Å². The van der Waals surface area contributed by atoms with Crippen LogP contribution in [0.1, 0.15) is 33.6 Å². The second-order valence-corrected chi connectivity index (χ2v) is 2.88. The van der Waals surface area contributed by atoms with E-state index in [0.29, 0.717) is 6.04 Å². The highest BCUT2D eigenvalue weighted by atomic mass is 15.7. The van der Waals surface area contributed by atoms with Gasteiger partial charge in [0.05, 0.1) is 0 Å². The molecule has 0 unspecified atom stereocenters. The summed E-state index contributed by atoms with van der Waals surface area (Å²) in [7, 11) is 0. The van der Waals surface area contributed by atoms with E-state index in [9.17, 15) is 0 Å². The Balaban J connectivity index is 2.51. The highest BCUT2D eigenvalue weighted by Crippen LogP contribution is 2.13. The van der Waals surface area contributed by atoms with Crippen LogP contribution >= 0.6 is 0 Å². The van der Waals surface area contributed by atoms with Crippen molar-refractivity contribution < 1.29 is 0 Å². The molecule has 0 radical (unpaired) electrons. The smallest absolute Gasteiger partial charge is 0.0464 e. The van der Waals surface area contributed by atoms with Crippen LogP contribution in [0, 0.1) is 0 Å². The molecule has 0 aliphatic carbocycles. The van der Waals surface area contributed by atoms with Gasteiger partial charge in [0.25, 0.3) is 0 Å². The summed E-state index contributed by atoms with van der Waals surface area (Å²) in [6.45, 7) is 6.52. The minimum atomic E-state index is 0.612. The Morgan fingerprint density at radius 2 is 2.09 bits per heavy atom. The maximum Gasteiger partial charge on any atom is 0.0464 e. The van der Waals surface area contributed by atoms with Gasteiger partial charge in [-0.25, -0.2) is 0 Å². The van der Waals surface area contributed by atoms with Crippen LogP contribution in [-0.2, 0) is 0 Å². The van der Waals surface area contributed by atoms with Crippen molar-refractivity contribution in [2.75, 3.05) is 0 Å². The van der Waals surface area contributed by atoms with Crippen LogP contribution in [0.4, 0.5) is 0 Å². The van der Waals surface area contributed by atoms with Crippen LogP contribution in [0.2, 0.25) is 0 Å². The molecule has 0 bridgehead atoms. The zero-order valence-corrected chi connectivity index (χ0v) is 7.52. The molecule has 0 fully saturated rings. The van der Waals surface area contributed by atoms with Gasteiger partial charge in [-0.2, -0.15) is 0 Å². The molecule has 0 amide bonds. The number of nitrogens with zero attached hydrogens (tertiary/aromatic N) is 1. The lowest BCUT2D eigenvalue weighted by molar-refractivity contribution is 0.169. The first-order valence-electron chi connectivity index (χ1n) is 4.26. The molecule has 1 rings (SSSR count). The number of rotatable bonds is 3. The van der Waals surface area contributed by atoms with Crippen molar-refractivity contribution in [3.05, 3.63) is 11.9 Å². The van der Waals surface area contributed by atoms with Crippen molar-refractivity contribution >= 4 is 0 Å². The normalized spacial score (nSPS) is 17.1. The fourth-order valence-corrected chi connectivity index (χ4v) is 1.40. The van der Waals surface area contributed by atoms with Crippen LogP contribution in [0.3, 0.4) is 0 Å². The van der Waals surface area contributed by atoms with E-state index in [2.05, 4.69) is 36.7 Å². The van der Waals surface area contributed by atoms with Gasteiger partial charge in [0, 0.05) is 17.9 Å². The minimum Gasteiger partial charge on any atom is -0.309 e. The van der Waals surface area contributed by atoms with Gasteiger partial charge in [0.1, 0.15) is 0 Å². The van der Waals surface area contributed by atoms with E-state index < -0.39 is 0 Å². The summed E-state index contributed by atoms with van der Waals surface area (Å²) in [5.41, 5.74) is 7.35. The summed E-state index contributed by atoms with van der Waals surface area (Å²) in [6.07, 6.45) is 4.34. The van der Waals surface area contributed by atoms with Crippen molar-refractivity contribution in [1.29, 1.82) is 0 Å². The van der Waals surface area contributed by atoms with Crippen molar-refractivity contribution in [3.8, 4) is 0 Å². The third kappa shape index (κ3) is 1.66. The largest absolute Gasteiger partial charge is 0.309 e. The Labute approximate surface area is 68.4 Å². The second-order valence-electron chi connectivity index (χ2n) is 2.88. The summed E-state index contributed by atoms with van der Waals surface area (Å²) in [5, 5.41) is 2.18. The highest BCUT2D eigenvalue weighted by Gasteiger charge is 2.17. The van der Waals surface area contributed by atoms with Gasteiger partial charge >= 0.3 is 0 Å². The zero-order chi connectivity index (χ0) is 8.27. The SMILES string of the molecule is CCC(CC)N1NNC=C1C. The van der Waals surface area contributed by atoms with Gasteiger partial charge < -0.3 is 5.43 Å². The Bertz CT molecular complexity index is 149. The lowest BCUT2D eigenvalue weighted by Gasteiger charge is -2.27. The maximum atomic E-state index is 3.10. The number of hydrazine groups is 2. The van der Waals surface area contributed by atoms with Crippen LogP contribution in [0.25, 0.3) is 0 Å². The summed E-state index contributed by atoms with van der Waals surface area (Å²) in [5.74, 6) is 0. The van der Waals surface area contributed by atoms with Crippen LogP contribution < -0.4 is 11.0 Å². The zero-order valence-electron chi connectivity index (χ0n) is 7.52. The molecule has 3 nitrogen and oxygen atoms in total. The van der Waals surface area contributed by atoms with Gasteiger partial charge in [0.2, 0.25) is 0 Å². The molecule has 0 aromatic heterocycles. The quantitative estimate of drug-likeness (QED) is 0.644. The Morgan fingerprint density at radius 1 is 1.45 bits per heavy atom. The van der Waals surface area contributed by atoms with Crippen molar-refractivity contribution in [2.24, 2.45) is 0 Å². The molecular formula is C8H17N3. The van der Waals surface area contributed by atoms with Gasteiger partial charge in [-0.3, -0.25) is 5.01 Å². The van der Waals surface area contributed by atoms with E-state index in [0.717, 1.165) is 0 Å². The number of nitrogens with one attached hydrogen (secondary N) is 2. The topological polar surface area (TPSA) is 27.3 Å².